The molecule has 7 heteroatoms. The molecule has 6 nitrogen and oxygen atoms in total. The Labute approximate surface area is 171 Å². The Hall–Kier alpha value is -2.57. The quantitative estimate of drug-likeness (QED) is 0.562. The number of hydrogen-bond acceptors (Lipinski definition) is 6. The van der Waals surface area contributed by atoms with Crippen molar-refractivity contribution in [3.8, 4) is 28.7 Å². The van der Waals surface area contributed by atoms with Gasteiger partial charge in [0.25, 0.3) is 0 Å². The van der Waals surface area contributed by atoms with Crippen molar-refractivity contribution in [2.45, 2.75) is 13.1 Å². The molecule has 0 saturated heterocycles. The Morgan fingerprint density at radius 3 is 1.96 bits per heavy atom. The molecule has 0 spiro atoms. The summed E-state index contributed by atoms with van der Waals surface area (Å²) < 4.78 is 27.1. The van der Waals surface area contributed by atoms with Crippen LogP contribution in [-0.2, 0) is 13.1 Å². The summed E-state index contributed by atoms with van der Waals surface area (Å²) >= 11 is 6.34. The van der Waals surface area contributed by atoms with Gasteiger partial charge in [0.2, 0.25) is 5.75 Å². The molecule has 28 heavy (non-hydrogen) atoms. The summed E-state index contributed by atoms with van der Waals surface area (Å²) in [5.41, 5.74) is 1.89. The summed E-state index contributed by atoms with van der Waals surface area (Å²) in [6.45, 7) is 5.16. The maximum atomic E-state index is 6.34. The monoisotopic (exact) mass is 407 g/mol. The molecule has 0 unspecified atom stereocenters. The van der Waals surface area contributed by atoms with Gasteiger partial charge in [-0.2, -0.15) is 0 Å². The lowest BCUT2D eigenvalue weighted by Crippen LogP contribution is -2.13. The van der Waals surface area contributed by atoms with Gasteiger partial charge in [-0.3, -0.25) is 0 Å². The predicted molar refractivity (Wildman–Crippen MR) is 110 cm³/mol. The number of hydrogen-bond donors (Lipinski definition) is 1. The van der Waals surface area contributed by atoms with E-state index in [1.54, 1.807) is 40.6 Å². The maximum Gasteiger partial charge on any atom is 0.203 e. The number of rotatable bonds is 11. The van der Waals surface area contributed by atoms with Crippen LogP contribution < -0.4 is 29.0 Å². The van der Waals surface area contributed by atoms with Crippen LogP contribution >= 0.6 is 11.6 Å². The molecule has 0 aliphatic rings. The largest absolute Gasteiger partial charge is 0.493 e. The highest BCUT2D eigenvalue weighted by atomic mass is 35.5. The van der Waals surface area contributed by atoms with E-state index in [2.05, 4.69) is 11.9 Å². The minimum absolute atomic E-state index is 0.363. The van der Waals surface area contributed by atoms with Gasteiger partial charge in [-0.25, -0.2) is 0 Å². The van der Waals surface area contributed by atoms with Gasteiger partial charge >= 0.3 is 0 Å². The van der Waals surface area contributed by atoms with Crippen LogP contribution in [0.4, 0.5) is 0 Å². The van der Waals surface area contributed by atoms with E-state index in [0.29, 0.717) is 53.5 Å². The van der Waals surface area contributed by atoms with E-state index < -0.39 is 0 Å². The Bertz CT molecular complexity index is 785. The van der Waals surface area contributed by atoms with Gasteiger partial charge in [-0.15, -0.1) is 0 Å². The maximum absolute atomic E-state index is 6.34. The molecule has 0 radical (unpaired) electrons. The van der Waals surface area contributed by atoms with E-state index in [4.69, 9.17) is 35.3 Å². The van der Waals surface area contributed by atoms with Crippen molar-refractivity contribution in [1.29, 1.82) is 0 Å². The molecule has 0 amide bonds. The van der Waals surface area contributed by atoms with Crippen LogP contribution in [0, 0.1) is 0 Å². The van der Waals surface area contributed by atoms with E-state index in [0.717, 1.165) is 11.1 Å². The molecule has 0 heterocycles. The fourth-order valence-corrected chi connectivity index (χ4v) is 2.91. The standard InChI is InChI=1S/C21H26ClNO5/c1-6-7-28-21-19(26-4)8-14(9-20(21)27-5)12-23-13-15-10-17(24-2)18(25-3)11-16(15)22/h6,8-11,23H,1,7,12-13H2,2-5H3. The summed E-state index contributed by atoms with van der Waals surface area (Å²) in [5, 5.41) is 3.97. The van der Waals surface area contributed by atoms with Crippen molar-refractivity contribution in [2.75, 3.05) is 35.0 Å². The van der Waals surface area contributed by atoms with Crippen molar-refractivity contribution < 1.29 is 23.7 Å². The predicted octanol–water partition coefficient (Wildman–Crippen LogP) is 4.23. The van der Waals surface area contributed by atoms with Crippen molar-refractivity contribution in [3.63, 3.8) is 0 Å². The summed E-state index contributed by atoms with van der Waals surface area (Å²) in [6, 6.07) is 7.42. The highest BCUT2D eigenvalue weighted by molar-refractivity contribution is 6.31. The molecular formula is C21H26ClNO5. The first kappa shape index (κ1) is 21.7. The van der Waals surface area contributed by atoms with E-state index >= 15 is 0 Å². The molecule has 0 atom stereocenters. The van der Waals surface area contributed by atoms with Crippen LogP contribution in [0.3, 0.4) is 0 Å². The first-order valence-corrected chi connectivity index (χ1v) is 9.05. The zero-order valence-electron chi connectivity index (χ0n) is 16.6. The normalized spacial score (nSPS) is 10.3. The molecule has 0 aliphatic heterocycles. The van der Waals surface area contributed by atoms with Gasteiger partial charge in [-0.05, 0) is 29.3 Å². The Kier molecular flexibility index (Phi) is 8.29. The third-order valence-corrected chi connectivity index (χ3v) is 4.41. The van der Waals surface area contributed by atoms with Crippen molar-refractivity contribution in [3.05, 3.63) is 53.1 Å². The second-order valence-corrected chi connectivity index (χ2v) is 6.24. The Balaban J connectivity index is 2.13. The molecule has 0 bridgehead atoms. The van der Waals surface area contributed by atoms with E-state index in [-0.39, 0.29) is 0 Å². The molecule has 2 rings (SSSR count). The Morgan fingerprint density at radius 2 is 1.43 bits per heavy atom. The van der Waals surface area contributed by atoms with Crippen molar-refractivity contribution >= 4 is 11.6 Å². The average molecular weight is 408 g/mol. The van der Waals surface area contributed by atoms with E-state index in [1.807, 2.05) is 18.2 Å². The van der Waals surface area contributed by atoms with Gasteiger partial charge in [0, 0.05) is 24.2 Å². The van der Waals surface area contributed by atoms with Crippen LogP contribution in [0.5, 0.6) is 28.7 Å². The summed E-state index contributed by atoms with van der Waals surface area (Å²) in [6.07, 6.45) is 1.67. The minimum atomic E-state index is 0.363. The van der Waals surface area contributed by atoms with Gasteiger partial charge in [0.05, 0.1) is 28.4 Å². The van der Waals surface area contributed by atoms with Gasteiger partial charge in [0.1, 0.15) is 6.61 Å². The Morgan fingerprint density at radius 1 is 0.857 bits per heavy atom. The number of methoxy groups -OCH3 is 4. The topological polar surface area (TPSA) is 58.2 Å². The lowest BCUT2D eigenvalue weighted by Gasteiger charge is -2.16. The lowest BCUT2D eigenvalue weighted by atomic mass is 10.1. The van der Waals surface area contributed by atoms with Crippen molar-refractivity contribution in [1.82, 2.24) is 5.32 Å². The van der Waals surface area contributed by atoms with Crippen LogP contribution in [0.25, 0.3) is 0 Å². The van der Waals surface area contributed by atoms with Crippen molar-refractivity contribution in [2.24, 2.45) is 0 Å². The minimum Gasteiger partial charge on any atom is -0.493 e. The van der Waals surface area contributed by atoms with Gasteiger partial charge in [-0.1, -0.05) is 24.3 Å². The molecule has 0 fully saturated rings. The average Bonchev–Trinajstić information content (AvgIpc) is 2.72. The molecule has 1 N–H and O–H groups in total. The van der Waals surface area contributed by atoms with Gasteiger partial charge < -0.3 is 29.0 Å². The molecular weight excluding hydrogens is 382 g/mol. The second kappa shape index (κ2) is 10.7. The van der Waals surface area contributed by atoms with Crippen LogP contribution in [0.15, 0.2) is 36.9 Å². The second-order valence-electron chi connectivity index (χ2n) is 5.83. The molecule has 2 aromatic carbocycles. The summed E-state index contributed by atoms with van der Waals surface area (Å²) in [7, 11) is 6.36. The summed E-state index contributed by atoms with van der Waals surface area (Å²) in [5.74, 6) is 2.98. The fraction of sp³-hybridized carbons (Fsp3) is 0.333. The zero-order chi connectivity index (χ0) is 20.5. The number of ether oxygens (including phenoxy) is 5. The van der Waals surface area contributed by atoms with E-state index in [9.17, 15) is 0 Å². The molecule has 0 aromatic heterocycles. The lowest BCUT2D eigenvalue weighted by molar-refractivity contribution is 0.300. The molecule has 0 aliphatic carbocycles. The number of nitrogens with one attached hydrogen (secondary N) is 1. The third kappa shape index (κ3) is 5.24. The zero-order valence-corrected chi connectivity index (χ0v) is 17.4. The van der Waals surface area contributed by atoms with Gasteiger partial charge in [0.15, 0.2) is 23.0 Å². The first-order valence-electron chi connectivity index (χ1n) is 8.67. The third-order valence-electron chi connectivity index (χ3n) is 4.06. The van der Waals surface area contributed by atoms with Crippen LogP contribution in [-0.4, -0.2) is 35.0 Å². The summed E-state index contributed by atoms with van der Waals surface area (Å²) in [4.78, 5) is 0. The highest BCUT2D eigenvalue weighted by Crippen LogP contribution is 2.38. The number of halogens is 1. The number of benzene rings is 2. The smallest absolute Gasteiger partial charge is 0.203 e. The molecule has 0 saturated carbocycles. The highest BCUT2D eigenvalue weighted by Gasteiger charge is 2.14. The molecule has 152 valence electrons. The van der Waals surface area contributed by atoms with Crippen LogP contribution in [0.2, 0.25) is 5.02 Å². The van der Waals surface area contributed by atoms with Crippen LogP contribution in [0.1, 0.15) is 11.1 Å². The fourth-order valence-electron chi connectivity index (χ4n) is 2.69. The first-order chi connectivity index (χ1) is 13.6. The van der Waals surface area contributed by atoms with E-state index in [1.165, 1.54) is 0 Å². The molecule has 2 aromatic rings. The SMILES string of the molecule is C=CCOc1c(OC)cc(CNCc2cc(OC)c(OC)cc2Cl)cc1OC.